The average Bonchev–Trinajstić information content (AvgIpc) is 2.37. The van der Waals surface area contributed by atoms with E-state index in [-0.39, 0.29) is 0 Å². The maximum atomic E-state index is 9.93. The Labute approximate surface area is 51.7 Å². The smallest absolute Gasteiger partial charge is 0.291 e. The van der Waals surface area contributed by atoms with Crippen LogP contribution >= 0.6 is 0 Å². The summed E-state index contributed by atoms with van der Waals surface area (Å²) in [6.45, 7) is 0. The number of aromatic nitrogens is 3. The Morgan fingerprint density at radius 2 is 2.67 bits per heavy atom. The minimum absolute atomic E-state index is 0.532. The van der Waals surface area contributed by atoms with Gasteiger partial charge in [0.05, 0.1) is 6.20 Å². The van der Waals surface area contributed by atoms with Gasteiger partial charge < -0.3 is 0 Å². The van der Waals surface area contributed by atoms with Crippen molar-refractivity contribution in [3.63, 3.8) is 0 Å². The quantitative estimate of drug-likeness (QED) is 0.532. The van der Waals surface area contributed by atoms with Gasteiger partial charge in [-0.1, -0.05) is 5.21 Å². The Balaban J connectivity index is 2.76. The zero-order chi connectivity index (χ0) is 6.69. The number of carbonyl (C=O) groups excluding carboxylic acids is 1. The molecule has 1 aromatic rings. The second kappa shape index (κ2) is 2.25. The molecule has 1 radical (unpaired) electrons. The van der Waals surface area contributed by atoms with Gasteiger partial charge in [0, 0.05) is 7.05 Å². The second-order valence-electron chi connectivity index (χ2n) is 1.49. The van der Waals surface area contributed by atoms with Gasteiger partial charge in [-0.25, -0.2) is 5.10 Å². The summed E-state index contributed by atoms with van der Waals surface area (Å²) in [5.74, 6) is 0.532. The van der Waals surface area contributed by atoms with E-state index in [1.165, 1.54) is 11.1 Å². The van der Waals surface area contributed by atoms with Crippen LogP contribution in [0.5, 0.6) is 0 Å². The van der Waals surface area contributed by atoms with Crippen LogP contribution < -0.4 is 4.90 Å². The molecule has 5 nitrogen and oxygen atoms in total. The first-order valence-electron chi connectivity index (χ1n) is 2.32. The first kappa shape index (κ1) is 5.74. The van der Waals surface area contributed by atoms with E-state index in [0.717, 1.165) is 0 Å². The molecule has 1 heterocycles. The highest BCUT2D eigenvalue weighted by Crippen LogP contribution is 1.98. The van der Waals surface area contributed by atoms with Crippen molar-refractivity contribution in [1.29, 1.82) is 0 Å². The standard InChI is InChI=1S/C4H5N4O/c1-8(3-9)4-2-5-7-6-4/h2H,1H3,(H,5,6,7). The molecule has 9 heavy (non-hydrogen) atoms. The first-order valence-corrected chi connectivity index (χ1v) is 2.32. The summed E-state index contributed by atoms with van der Waals surface area (Å²) in [7, 11) is 1.56. The number of amides is 1. The van der Waals surface area contributed by atoms with Gasteiger partial charge in [-0.05, 0) is 0 Å². The Bertz CT molecular complexity index is 182. The molecule has 0 aromatic carbocycles. The van der Waals surface area contributed by atoms with Gasteiger partial charge in [-0.15, -0.1) is 5.10 Å². The summed E-state index contributed by atoms with van der Waals surface area (Å²) in [5, 5.41) is 9.35. The molecule has 1 rings (SSSR count). The fourth-order valence-corrected chi connectivity index (χ4v) is 0.403. The highest BCUT2D eigenvalue weighted by molar-refractivity contribution is 5.71. The van der Waals surface area contributed by atoms with Crippen molar-refractivity contribution in [1.82, 2.24) is 15.4 Å². The lowest BCUT2D eigenvalue weighted by Gasteiger charge is -2.01. The molecule has 0 aliphatic rings. The molecular weight excluding hydrogens is 120 g/mol. The van der Waals surface area contributed by atoms with Gasteiger partial charge in [-0.2, -0.15) is 0 Å². The van der Waals surface area contributed by atoms with E-state index >= 15 is 0 Å². The summed E-state index contributed by atoms with van der Waals surface area (Å²) >= 11 is 0. The van der Waals surface area contributed by atoms with Crippen LogP contribution in [0, 0.1) is 0 Å². The minimum Gasteiger partial charge on any atom is -0.291 e. The van der Waals surface area contributed by atoms with Crippen LogP contribution in [0.1, 0.15) is 0 Å². The maximum Gasteiger partial charge on any atom is 0.317 e. The number of nitrogens with one attached hydrogen (secondary N) is 1. The monoisotopic (exact) mass is 125 g/mol. The van der Waals surface area contributed by atoms with E-state index in [4.69, 9.17) is 0 Å². The molecule has 5 heteroatoms. The fourth-order valence-electron chi connectivity index (χ4n) is 0.403. The molecule has 0 atom stereocenters. The van der Waals surface area contributed by atoms with Gasteiger partial charge in [-0.3, -0.25) is 9.69 Å². The molecule has 0 unspecified atom stereocenters. The zero-order valence-corrected chi connectivity index (χ0v) is 4.83. The van der Waals surface area contributed by atoms with Crippen molar-refractivity contribution < 1.29 is 4.79 Å². The lowest BCUT2D eigenvalue weighted by Crippen LogP contribution is -2.13. The molecule has 0 aliphatic heterocycles. The van der Waals surface area contributed by atoms with E-state index in [1.807, 2.05) is 0 Å². The van der Waals surface area contributed by atoms with E-state index in [9.17, 15) is 4.79 Å². The van der Waals surface area contributed by atoms with Crippen LogP contribution in [-0.4, -0.2) is 28.9 Å². The lowest BCUT2D eigenvalue weighted by atomic mass is 10.7. The molecule has 1 N–H and O–H groups in total. The number of rotatable bonds is 2. The van der Waals surface area contributed by atoms with E-state index in [2.05, 4.69) is 15.4 Å². The minimum atomic E-state index is 0.532. The normalized spacial score (nSPS) is 9.00. The second-order valence-corrected chi connectivity index (χ2v) is 1.49. The van der Waals surface area contributed by atoms with Crippen molar-refractivity contribution in [2.75, 3.05) is 11.9 Å². The molecule has 0 aliphatic carbocycles. The van der Waals surface area contributed by atoms with Crippen molar-refractivity contribution in [3.05, 3.63) is 6.20 Å². The summed E-state index contributed by atoms with van der Waals surface area (Å²) in [6, 6.07) is 0. The largest absolute Gasteiger partial charge is 0.317 e. The summed E-state index contributed by atoms with van der Waals surface area (Å²) in [4.78, 5) is 11.2. The predicted octanol–water partition coefficient (Wildman–Crippen LogP) is -0.692. The van der Waals surface area contributed by atoms with Gasteiger partial charge in [0.15, 0.2) is 5.82 Å². The fraction of sp³-hybridized carbons (Fsp3) is 0.250. The third-order valence-electron chi connectivity index (χ3n) is 0.901. The van der Waals surface area contributed by atoms with Gasteiger partial charge in [0.2, 0.25) is 0 Å². The maximum absolute atomic E-state index is 9.93. The predicted molar refractivity (Wildman–Crippen MR) is 30.5 cm³/mol. The lowest BCUT2D eigenvalue weighted by molar-refractivity contribution is 0.554. The Morgan fingerprint density at radius 1 is 1.89 bits per heavy atom. The molecule has 0 spiro atoms. The van der Waals surface area contributed by atoms with Gasteiger partial charge in [0.25, 0.3) is 0 Å². The number of hydrogen-bond acceptors (Lipinski definition) is 3. The molecule has 0 saturated heterocycles. The van der Waals surface area contributed by atoms with Crippen molar-refractivity contribution in [3.8, 4) is 0 Å². The van der Waals surface area contributed by atoms with E-state index < -0.39 is 0 Å². The highest BCUT2D eigenvalue weighted by Gasteiger charge is 1.98. The van der Waals surface area contributed by atoms with Crippen LogP contribution in [0.4, 0.5) is 5.82 Å². The highest BCUT2D eigenvalue weighted by atomic mass is 16.1. The van der Waals surface area contributed by atoms with Gasteiger partial charge >= 0.3 is 6.41 Å². The Hall–Kier alpha value is -1.39. The molecule has 0 fully saturated rings. The first-order chi connectivity index (χ1) is 4.34. The summed E-state index contributed by atoms with van der Waals surface area (Å²) < 4.78 is 0. The number of anilines is 1. The zero-order valence-electron chi connectivity index (χ0n) is 4.83. The molecule has 0 bridgehead atoms. The van der Waals surface area contributed by atoms with Crippen LogP contribution in [-0.2, 0) is 4.79 Å². The third-order valence-corrected chi connectivity index (χ3v) is 0.901. The number of aromatic amines is 1. The Morgan fingerprint density at radius 3 is 3.11 bits per heavy atom. The number of H-pyrrole nitrogens is 1. The summed E-state index contributed by atoms with van der Waals surface area (Å²) in [6.07, 6.45) is 3.07. The average molecular weight is 125 g/mol. The molecule has 1 amide bonds. The SMILES string of the molecule is CN([C]=O)c1cnn[nH]1. The van der Waals surface area contributed by atoms with Crippen molar-refractivity contribution >= 4 is 12.2 Å². The van der Waals surface area contributed by atoms with Crippen LogP contribution in [0.25, 0.3) is 0 Å². The number of hydrogen-bond donors (Lipinski definition) is 1. The van der Waals surface area contributed by atoms with Gasteiger partial charge in [0.1, 0.15) is 0 Å². The summed E-state index contributed by atoms with van der Waals surface area (Å²) in [5.41, 5.74) is 0. The van der Waals surface area contributed by atoms with Crippen molar-refractivity contribution in [2.45, 2.75) is 0 Å². The third kappa shape index (κ3) is 1.04. The Kier molecular flexibility index (Phi) is 1.44. The molecule has 0 saturated carbocycles. The topological polar surface area (TPSA) is 61.9 Å². The van der Waals surface area contributed by atoms with Crippen LogP contribution in [0.3, 0.4) is 0 Å². The molecule has 47 valence electrons. The van der Waals surface area contributed by atoms with Crippen LogP contribution in [0.2, 0.25) is 0 Å². The van der Waals surface area contributed by atoms with Crippen LogP contribution in [0.15, 0.2) is 6.20 Å². The van der Waals surface area contributed by atoms with E-state index in [1.54, 1.807) is 13.5 Å². The van der Waals surface area contributed by atoms with E-state index in [0.29, 0.717) is 5.82 Å². The number of nitrogens with zero attached hydrogens (tertiary/aromatic N) is 3. The van der Waals surface area contributed by atoms with Crippen molar-refractivity contribution in [2.24, 2.45) is 0 Å². The molecule has 1 aromatic heterocycles. The molecular formula is C4H5N4O.